The van der Waals surface area contributed by atoms with E-state index in [2.05, 4.69) is 38.1 Å². The first kappa shape index (κ1) is 29.0. The molecule has 196 valence electrons. The van der Waals surface area contributed by atoms with Crippen LogP contribution in [0.15, 0.2) is 24.3 Å². The third-order valence-corrected chi connectivity index (χ3v) is 8.82. The number of hydrogen-bond acceptors (Lipinski definition) is 4. The van der Waals surface area contributed by atoms with Crippen molar-refractivity contribution in [2.75, 3.05) is 32.8 Å². The predicted octanol–water partition coefficient (Wildman–Crippen LogP) is 4.95. The van der Waals surface area contributed by atoms with Gasteiger partial charge in [-0.25, -0.2) is 0 Å². The summed E-state index contributed by atoms with van der Waals surface area (Å²) in [6.07, 6.45) is 7.70. The molecule has 36 heavy (non-hydrogen) atoms. The van der Waals surface area contributed by atoms with E-state index in [9.17, 15) is 9.59 Å². The molecule has 1 fully saturated rings. The Hall–Kier alpha value is -1.58. The standard InChI is InChI=1S/C29H43N2O4.Tl/c1-6-18-30(7-2)27(32)25-10-8-23(9-11-25)24-12-14-26(15-13-24)34-21-22-16-19-31(20-17-22)28(33)35-29(3,4)5;/h8,12-14,22,25H,6-7,9-11,16-21H2,1-5H3;. The van der Waals surface area contributed by atoms with Gasteiger partial charge >= 0.3 is 234 Å². The summed E-state index contributed by atoms with van der Waals surface area (Å²) in [5.41, 5.74) is 2.18. The Bertz CT molecular complexity index is 932. The molecule has 1 heterocycles. The van der Waals surface area contributed by atoms with Gasteiger partial charge in [0.1, 0.15) is 0 Å². The predicted molar refractivity (Wildman–Crippen MR) is 146 cm³/mol. The minimum atomic E-state index is -0.455. The van der Waals surface area contributed by atoms with Crippen LogP contribution in [-0.4, -0.2) is 86.0 Å². The zero-order valence-electron chi connectivity index (χ0n) is 22.8. The van der Waals surface area contributed by atoms with E-state index < -0.39 is 5.60 Å². The van der Waals surface area contributed by atoms with E-state index in [0.29, 0.717) is 44.2 Å². The SMILES string of the molecule is CCCN(CC)C(=O)C1CC=C(c2ccc(OCC3CCN(C(=O)OC(C)(C)C)CC3)[c]([Tl])c2)CC1. The first-order chi connectivity index (χ1) is 17.1. The molecular weight excluding hydrogens is 645 g/mol. The second-order valence-corrected chi connectivity index (χ2v) is 13.5. The van der Waals surface area contributed by atoms with Crippen molar-refractivity contribution < 1.29 is 19.1 Å². The van der Waals surface area contributed by atoms with Gasteiger partial charge in [0.2, 0.25) is 0 Å². The van der Waals surface area contributed by atoms with Gasteiger partial charge in [0.15, 0.2) is 0 Å². The van der Waals surface area contributed by atoms with Crippen LogP contribution in [0.1, 0.15) is 78.7 Å². The van der Waals surface area contributed by atoms with Gasteiger partial charge in [-0.2, -0.15) is 0 Å². The number of carbonyl (C=O) groups is 2. The normalized spacial score (nSPS) is 18.9. The summed E-state index contributed by atoms with van der Waals surface area (Å²) in [6.45, 7) is 13.7. The van der Waals surface area contributed by atoms with Crippen LogP contribution in [0.4, 0.5) is 4.79 Å². The molecule has 1 aliphatic heterocycles. The topological polar surface area (TPSA) is 59.1 Å². The Morgan fingerprint density at radius 1 is 1.14 bits per heavy atom. The number of amides is 2. The molecule has 0 aromatic heterocycles. The fraction of sp³-hybridized carbons (Fsp3) is 0.655. The van der Waals surface area contributed by atoms with E-state index in [1.165, 1.54) is 14.3 Å². The van der Waals surface area contributed by atoms with E-state index in [-0.39, 0.29) is 12.0 Å². The number of nitrogens with zero attached hydrogens (tertiary/aromatic N) is 2. The second kappa shape index (κ2) is 13.3. The minimum absolute atomic E-state index is 0.127. The number of carbonyl (C=O) groups excluding carboxylic acids is 2. The van der Waals surface area contributed by atoms with Crippen molar-refractivity contribution in [3.63, 3.8) is 0 Å². The molecule has 1 aromatic rings. The van der Waals surface area contributed by atoms with Crippen molar-refractivity contribution in [1.29, 1.82) is 0 Å². The number of likely N-dealkylation sites (tertiary alicyclic amines) is 1. The first-order valence-corrected chi connectivity index (χ1v) is 15.8. The summed E-state index contributed by atoms with van der Waals surface area (Å²) >= 11 is 0.685. The van der Waals surface area contributed by atoms with Gasteiger partial charge in [0.25, 0.3) is 0 Å². The molecule has 1 unspecified atom stereocenters. The third-order valence-electron chi connectivity index (χ3n) is 7.07. The summed E-state index contributed by atoms with van der Waals surface area (Å²) in [5, 5.41) is 0. The van der Waals surface area contributed by atoms with E-state index in [0.717, 1.165) is 70.5 Å². The number of rotatable bonds is 8. The van der Waals surface area contributed by atoms with Gasteiger partial charge in [0.05, 0.1) is 0 Å². The zero-order chi connectivity index (χ0) is 26.3. The van der Waals surface area contributed by atoms with Crippen molar-refractivity contribution in [2.45, 2.75) is 78.7 Å². The fourth-order valence-electron chi connectivity index (χ4n) is 4.97. The Morgan fingerprint density at radius 3 is 2.42 bits per heavy atom. The Morgan fingerprint density at radius 2 is 1.86 bits per heavy atom. The van der Waals surface area contributed by atoms with Gasteiger partial charge in [-0.3, -0.25) is 0 Å². The van der Waals surface area contributed by atoms with Crippen LogP contribution >= 0.6 is 0 Å². The number of benzene rings is 1. The van der Waals surface area contributed by atoms with Gasteiger partial charge in [-0.1, -0.05) is 0 Å². The van der Waals surface area contributed by atoms with Gasteiger partial charge in [-0.05, 0) is 0 Å². The molecule has 1 saturated heterocycles. The second-order valence-electron chi connectivity index (χ2n) is 11.1. The van der Waals surface area contributed by atoms with Crippen molar-refractivity contribution in [2.24, 2.45) is 11.8 Å². The molecule has 1 aromatic carbocycles. The molecule has 2 aliphatic rings. The molecule has 0 radical (unpaired) electrons. The molecular formula is C29H43N2O4Tl. The van der Waals surface area contributed by atoms with E-state index in [1.807, 2.05) is 30.6 Å². The van der Waals surface area contributed by atoms with Crippen molar-refractivity contribution in [3.8, 4) is 5.75 Å². The van der Waals surface area contributed by atoms with Crippen molar-refractivity contribution in [1.82, 2.24) is 9.80 Å². The quantitative estimate of drug-likeness (QED) is 0.364. The number of allylic oxidation sites excluding steroid dienone is 2. The first-order valence-electron chi connectivity index (χ1n) is 13.6. The van der Waals surface area contributed by atoms with Crippen molar-refractivity contribution >= 4 is 46.5 Å². The average Bonchev–Trinajstić information content (AvgIpc) is 2.85. The van der Waals surface area contributed by atoms with Gasteiger partial charge in [0, 0.05) is 0 Å². The number of ether oxygens (including phenoxy) is 2. The summed E-state index contributed by atoms with van der Waals surface area (Å²) < 4.78 is 13.0. The molecule has 0 spiro atoms. The molecule has 1 aliphatic carbocycles. The number of piperidine rings is 1. The maximum absolute atomic E-state index is 12.8. The van der Waals surface area contributed by atoms with Crippen molar-refractivity contribution in [3.05, 3.63) is 29.8 Å². The Kier molecular flexibility index (Phi) is 10.7. The molecule has 7 heteroatoms. The van der Waals surface area contributed by atoms with E-state index in [1.54, 1.807) is 0 Å². The summed E-state index contributed by atoms with van der Waals surface area (Å²) in [7, 11) is 0. The van der Waals surface area contributed by atoms with E-state index in [4.69, 9.17) is 9.47 Å². The maximum atomic E-state index is 12.8. The van der Waals surface area contributed by atoms with Crippen LogP contribution in [0.3, 0.4) is 0 Å². The Labute approximate surface area is 233 Å². The zero-order valence-corrected chi connectivity index (χ0v) is 27.3. The molecule has 1 atom stereocenters. The summed E-state index contributed by atoms with van der Waals surface area (Å²) in [5.74, 6) is 1.90. The van der Waals surface area contributed by atoms with Gasteiger partial charge in [-0.15, -0.1) is 0 Å². The molecule has 0 N–H and O–H groups in total. The van der Waals surface area contributed by atoms with Crippen LogP contribution in [0, 0.1) is 11.8 Å². The summed E-state index contributed by atoms with van der Waals surface area (Å²) in [6, 6.07) is 6.59. The fourth-order valence-corrected chi connectivity index (χ4v) is 6.36. The van der Waals surface area contributed by atoms with Crippen LogP contribution in [0.5, 0.6) is 5.75 Å². The summed E-state index contributed by atoms with van der Waals surface area (Å²) in [4.78, 5) is 28.9. The molecule has 6 nitrogen and oxygen atoms in total. The van der Waals surface area contributed by atoms with Crippen LogP contribution in [0.25, 0.3) is 5.57 Å². The van der Waals surface area contributed by atoms with Crippen LogP contribution in [-0.2, 0) is 9.53 Å². The van der Waals surface area contributed by atoms with Crippen LogP contribution in [0.2, 0.25) is 0 Å². The van der Waals surface area contributed by atoms with Crippen LogP contribution < -0.4 is 7.86 Å². The molecule has 0 bridgehead atoms. The molecule has 3 rings (SSSR count). The van der Waals surface area contributed by atoms with Gasteiger partial charge < -0.3 is 0 Å². The molecule has 0 saturated carbocycles. The number of hydrogen-bond donors (Lipinski definition) is 0. The molecule has 2 amide bonds. The Balaban J connectivity index is 1.49. The average molecular weight is 688 g/mol. The third kappa shape index (κ3) is 8.22. The monoisotopic (exact) mass is 688 g/mol. The van der Waals surface area contributed by atoms with E-state index >= 15 is 0 Å².